The normalized spacial score (nSPS) is 21.4. The summed E-state index contributed by atoms with van der Waals surface area (Å²) in [5.41, 5.74) is 0.297. The Morgan fingerprint density at radius 2 is 2.38 bits per heavy atom. The molecule has 1 fully saturated rings. The van der Waals surface area contributed by atoms with Gasteiger partial charge in [0.05, 0.1) is 25.0 Å². The van der Waals surface area contributed by atoms with E-state index in [1.807, 2.05) is 0 Å². The van der Waals surface area contributed by atoms with E-state index in [1.165, 1.54) is 6.26 Å². The van der Waals surface area contributed by atoms with Gasteiger partial charge in [-0.25, -0.2) is 4.79 Å². The zero-order chi connectivity index (χ0) is 12.0. The zero-order valence-corrected chi connectivity index (χ0v) is 9.09. The lowest BCUT2D eigenvalue weighted by molar-refractivity contribution is -0.139. The summed E-state index contributed by atoms with van der Waals surface area (Å²) in [6.45, 7) is 1.99. The fraction of sp³-hybridized carbons (Fsp3) is 0.700. The Hall–Kier alpha value is -1.11. The van der Waals surface area contributed by atoms with Gasteiger partial charge in [-0.3, -0.25) is 0 Å². The second-order valence-electron chi connectivity index (χ2n) is 3.52. The van der Waals surface area contributed by atoms with Crippen LogP contribution in [0.2, 0.25) is 0 Å². The SMILES string of the molecule is CC(=COCC(O)CO)C(=O)OCC1CO1. The van der Waals surface area contributed by atoms with Gasteiger partial charge >= 0.3 is 5.97 Å². The van der Waals surface area contributed by atoms with Crippen LogP contribution in [0.3, 0.4) is 0 Å². The van der Waals surface area contributed by atoms with Gasteiger partial charge in [-0.2, -0.15) is 0 Å². The maximum atomic E-state index is 11.3. The molecule has 2 atom stereocenters. The smallest absolute Gasteiger partial charge is 0.336 e. The lowest BCUT2D eigenvalue weighted by Crippen LogP contribution is -2.18. The van der Waals surface area contributed by atoms with E-state index in [4.69, 9.17) is 24.4 Å². The molecular formula is C10H16O6. The molecule has 2 N–H and O–H groups in total. The van der Waals surface area contributed by atoms with Crippen LogP contribution in [0.15, 0.2) is 11.8 Å². The maximum absolute atomic E-state index is 11.3. The fourth-order valence-corrected chi connectivity index (χ4v) is 0.832. The van der Waals surface area contributed by atoms with E-state index >= 15 is 0 Å². The monoisotopic (exact) mass is 232 g/mol. The number of ether oxygens (including phenoxy) is 3. The third kappa shape index (κ3) is 5.11. The predicted molar refractivity (Wildman–Crippen MR) is 53.5 cm³/mol. The van der Waals surface area contributed by atoms with Crippen molar-refractivity contribution in [3.63, 3.8) is 0 Å². The van der Waals surface area contributed by atoms with Crippen molar-refractivity contribution in [1.82, 2.24) is 0 Å². The van der Waals surface area contributed by atoms with Crippen molar-refractivity contribution >= 4 is 5.97 Å². The highest BCUT2D eigenvalue weighted by Crippen LogP contribution is 2.09. The quantitative estimate of drug-likeness (QED) is 0.258. The Morgan fingerprint density at radius 1 is 1.69 bits per heavy atom. The third-order valence-corrected chi connectivity index (χ3v) is 1.88. The van der Waals surface area contributed by atoms with Crippen LogP contribution in [0.1, 0.15) is 6.92 Å². The fourth-order valence-electron chi connectivity index (χ4n) is 0.832. The third-order valence-electron chi connectivity index (χ3n) is 1.88. The molecule has 1 saturated heterocycles. The van der Waals surface area contributed by atoms with Crippen LogP contribution in [0, 0.1) is 0 Å². The van der Waals surface area contributed by atoms with Gasteiger partial charge in [0.2, 0.25) is 0 Å². The van der Waals surface area contributed by atoms with Crippen LogP contribution in [0.5, 0.6) is 0 Å². The Labute approximate surface area is 93.4 Å². The number of carbonyl (C=O) groups excluding carboxylic acids is 1. The van der Waals surface area contributed by atoms with Crippen LogP contribution < -0.4 is 0 Å². The van der Waals surface area contributed by atoms with Crippen LogP contribution in [-0.4, -0.2) is 54.8 Å². The van der Waals surface area contributed by atoms with Crippen LogP contribution in [0.25, 0.3) is 0 Å². The van der Waals surface area contributed by atoms with Gasteiger partial charge in [0.15, 0.2) is 0 Å². The highest BCUT2D eigenvalue weighted by molar-refractivity contribution is 5.87. The molecule has 16 heavy (non-hydrogen) atoms. The van der Waals surface area contributed by atoms with E-state index in [0.29, 0.717) is 12.2 Å². The lowest BCUT2D eigenvalue weighted by Gasteiger charge is -2.07. The van der Waals surface area contributed by atoms with Crippen molar-refractivity contribution in [2.24, 2.45) is 0 Å². The Balaban J connectivity index is 2.17. The first-order valence-electron chi connectivity index (χ1n) is 4.99. The van der Waals surface area contributed by atoms with Crippen LogP contribution >= 0.6 is 0 Å². The van der Waals surface area contributed by atoms with E-state index in [9.17, 15) is 4.79 Å². The number of esters is 1. The lowest BCUT2D eigenvalue weighted by atomic mass is 10.3. The van der Waals surface area contributed by atoms with Gasteiger partial charge in [0.1, 0.15) is 25.4 Å². The summed E-state index contributed by atoms with van der Waals surface area (Å²) < 4.78 is 14.7. The van der Waals surface area contributed by atoms with E-state index < -0.39 is 12.1 Å². The van der Waals surface area contributed by atoms with Gasteiger partial charge in [-0.05, 0) is 6.92 Å². The molecule has 1 heterocycles. The molecule has 0 radical (unpaired) electrons. The minimum Gasteiger partial charge on any atom is -0.498 e. The van der Waals surface area contributed by atoms with E-state index in [2.05, 4.69) is 0 Å². The van der Waals surface area contributed by atoms with Crippen LogP contribution in [-0.2, 0) is 19.0 Å². The van der Waals surface area contributed by atoms with Crippen LogP contribution in [0.4, 0.5) is 0 Å². The van der Waals surface area contributed by atoms with Crippen molar-refractivity contribution in [3.05, 3.63) is 11.8 Å². The molecule has 92 valence electrons. The second-order valence-corrected chi connectivity index (χ2v) is 3.52. The Morgan fingerprint density at radius 3 is 2.94 bits per heavy atom. The molecule has 0 aromatic heterocycles. The number of rotatable bonds is 7. The van der Waals surface area contributed by atoms with Crippen molar-refractivity contribution in [3.8, 4) is 0 Å². The molecule has 0 spiro atoms. The summed E-state index contributed by atoms with van der Waals surface area (Å²) in [6.07, 6.45) is 0.295. The van der Waals surface area contributed by atoms with E-state index in [0.717, 1.165) is 0 Å². The molecular weight excluding hydrogens is 216 g/mol. The summed E-state index contributed by atoms with van der Waals surface area (Å²) in [4.78, 5) is 11.3. The molecule has 6 nitrogen and oxygen atoms in total. The first-order chi connectivity index (χ1) is 7.63. The molecule has 0 bridgehead atoms. The van der Waals surface area contributed by atoms with Gasteiger partial charge in [-0.15, -0.1) is 0 Å². The largest absolute Gasteiger partial charge is 0.498 e. The average molecular weight is 232 g/mol. The molecule has 2 unspecified atom stereocenters. The number of epoxide rings is 1. The second kappa shape index (κ2) is 6.47. The standard InChI is InChI=1S/C10H16O6/c1-7(3-14-4-8(12)2-11)10(13)16-6-9-5-15-9/h3,8-9,11-12H,2,4-6H2,1H3. The molecule has 1 aliphatic rings. The first-order valence-corrected chi connectivity index (χ1v) is 4.99. The molecule has 6 heteroatoms. The van der Waals surface area contributed by atoms with Crippen molar-refractivity contribution in [2.75, 3.05) is 26.4 Å². The van der Waals surface area contributed by atoms with Crippen molar-refractivity contribution in [1.29, 1.82) is 0 Å². The highest BCUT2D eigenvalue weighted by atomic mass is 16.6. The van der Waals surface area contributed by atoms with E-state index in [1.54, 1.807) is 6.92 Å². The molecule has 0 aliphatic carbocycles. The predicted octanol–water partition coefficient (Wildman–Crippen LogP) is -0.798. The van der Waals surface area contributed by atoms with E-state index in [-0.39, 0.29) is 25.9 Å². The maximum Gasteiger partial charge on any atom is 0.336 e. The number of hydrogen-bond acceptors (Lipinski definition) is 6. The summed E-state index contributed by atoms with van der Waals surface area (Å²) in [5, 5.41) is 17.5. The minimum atomic E-state index is -0.945. The summed E-state index contributed by atoms with van der Waals surface area (Å²) in [6, 6.07) is 0. The zero-order valence-electron chi connectivity index (χ0n) is 9.09. The molecule has 0 amide bonds. The highest BCUT2D eigenvalue weighted by Gasteiger charge is 2.24. The Bertz CT molecular complexity index is 258. The van der Waals surface area contributed by atoms with Gasteiger partial charge < -0.3 is 24.4 Å². The number of hydrogen-bond donors (Lipinski definition) is 2. The number of aliphatic hydroxyl groups is 2. The van der Waals surface area contributed by atoms with Gasteiger partial charge in [0, 0.05) is 0 Å². The summed E-state index contributed by atoms with van der Waals surface area (Å²) >= 11 is 0. The van der Waals surface area contributed by atoms with Gasteiger partial charge in [-0.1, -0.05) is 0 Å². The Kier molecular flexibility index (Phi) is 5.24. The average Bonchev–Trinajstić information content (AvgIpc) is 3.09. The van der Waals surface area contributed by atoms with Crippen molar-refractivity contribution < 1.29 is 29.2 Å². The van der Waals surface area contributed by atoms with Crippen molar-refractivity contribution in [2.45, 2.75) is 19.1 Å². The molecule has 1 rings (SSSR count). The minimum absolute atomic E-state index is 0.0360. The number of carbonyl (C=O) groups is 1. The summed E-state index contributed by atoms with van der Waals surface area (Å²) in [5.74, 6) is -0.478. The topological polar surface area (TPSA) is 88.5 Å². The molecule has 0 saturated carbocycles. The molecule has 0 aromatic carbocycles. The first kappa shape index (κ1) is 13.0. The summed E-state index contributed by atoms with van der Waals surface area (Å²) in [7, 11) is 0. The molecule has 0 aromatic rings. The van der Waals surface area contributed by atoms with Gasteiger partial charge in [0.25, 0.3) is 0 Å². The number of aliphatic hydroxyl groups excluding tert-OH is 2. The molecule has 1 aliphatic heterocycles.